The molecule has 1 heterocycles. The highest BCUT2D eigenvalue weighted by atomic mass is 16.1. The summed E-state index contributed by atoms with van der Waals surface area (Å²) in [7, 11) is 4.06. The van der Waals surface area contributed by atoms with Gasteiger partial charge in [-0.3, -0.25) is 4.79 Å². The molecule has 1 aromatic heterocycles. The number of likely N-dealkylation sites (N-methyl/N-ethyl adjacent to an activating group) is 1. The standard InChI is InChI=1S/C18H24N4O/c1-14-4-6-15(7-5-14)12-21-18(23)17-9-8-16(13-20-17)19-10-11-22(2)3/h4-9,13,19H,10-12H2,1-3H3,(H,21,23). The van der Waals surface area contributed by atoms with Crippen molar-refractivity contribution >= 4 is 11.6 Å². The first-order valence-electron chi connectivity index (χ1n) is 7.73. The summed E-state index contributed by atoms with van der Waals surface area (Å²) < 4.78 is 0. The number of anilines is 1. The number of carbonyl (C=O) groups excluding carboxylic acids is 1. The van der Waals surface area contributed by atoms with E-state index in [0.717, 1.165) is 24.3 Å². The molecule has 0 atom stereocenters. The normalized spacial score (nSPS) is 10.6. The molecule has 1 amide bonds. The Hall–Kier alpha value is -2.40. The fourth-order valence-electron chi connectivity index (χ4n) is 2.04. The number of amides is 1. The van der Waals surface area contributed by atoms with E-state index >= 15 is 0 Å². The summed E-state index contributed by atoms with van der Waals surface area (Å²) in [5.41, 5.74) is 3.63. The van der Waals surface area contributed by atoms with Crippen LogP contribution >= 0.6 is 0 Å². The Morgan fingerprint density at radius 2 is 1.87 bits per heavy atom. The maximum atomic E-state index is 12.1. The first-order valence-corrected chi connectivity index (χ1v) is 7.73. The first-order chi connectivity index (χ1) is 11.0. The largest absolute Gasteiger partial charge is 0.383 e. The van der Waals surface area contributed by atoms with Crippen LogP contribution in [0.3, 0.4) is 0 Å². The molecule has 0 bridgehead atoms. The van der Waals surface area contributed by atoms with Crippen LogP contribution in [0.4, 0.5) is 5.69 Å². The van der Waals surface area contributed by atoms with E-state index in [2.05, 4.69) is 20.5 Å². The van der Waals surface area contributed by atoms with E-state index in [-0.39, 0.29) is 5.91 Å². The van der Waals surface area contributed by atoms with E-state index < -0.39 is 0 Å². The second kappa shape index (κ2) is 8.29. The number of carbonyl (C=O) groups is 1. The van der Waals surface area contributed by atoms with Crippen molar-refractivity contribution in [2.24, 2.45) is 0 Å². The van der Waals surface area contributed by atoms with Gasteiger partial charge in [-0.15, -0.1) is 0 Å². The number of benzene rings is 1. The van der Waals surface area contributed by atoms with Gasteiger partial charge in [-0.1, -0.05) is 29.8 Å². The average molecular weight is 312 g/mol. The molecule has 0 spiro atoms. The lowest BCUT2D eigenvalue weighted by Gasteiger charge is -2.11. The molecule has 2 N–H and O–H groups in total. The van der Waals surface area contributed by atoms with Crippen LogP contribution in [-0.4, -0.2) is 43.0 Å². The molecule has 122 valence electrons. The molecule has 0 saturated carbocycles. The van der Waals surface area contributed by atoms with E-state index in [0.29, 0.717) is 12.2 Å². The van der Waals surface area contributed by atoms with Crippen LogP contribution < -0.4 is 10.6 Å². The van der Waals surface area contributed by atoms with Crippen LogP contribution in [-0.2, 0) is 6.54 Å². The van der Waals surface area contributed by atoms with Gasteiger partial charge in [-0.05, 0) is 38.7 Å². The first kappa shape index (κ1) is 17.0. The zero-order valence-electron chi connectivity index (χ0n) is 14.0. The molecule has 23 heavy (non-hydrogen) atoms. The summed E-state index contributed by atoms with van der Waals surface area (Å²) in [6.07, 6.45) is 1.69. The predicted octanol–water partition coefficient (Wildman–Crippen LogP) is 2.29. The van der Waals surface area contributed by atoms with E-state index in [1.54, 1.807) is 12.3 Å². The number of hydrogen-bond acceptors (Lipinski definition) is 4. The molecule has 0 fully saturated rings. The zero-order chi connectivity index (χ0) is 16.7. The molecule has 5 heteroatoms. The quantitative estimate of drug-likeness (QED) is 0.823. The minimum atomic E-state index is -0.162. The lowest BCUT2D eigenvalue weighted by Crippen LogP contribution is -2.24. The van der Waals surface area contributed by atoms with Gasteiger partial charge in [-0.2, -0.15) is 0 Å². The fourth-order valence-corrected chi connectivity index (χ4v) is 2.04. The van der Waals surface area contributed by atoms with Gasteiger partial charge in [0, 0.05) is 19.6 Å². The molecule has 0 radical (unpaired) electrons. The third kappa shape index (κ3) is 5.71. The summed E-state index contributed by atoms with van der Waals surface area (Å²) in [6, 6.07) is 11.7. The molecule has 0 unspecified atom stereocenters. The Labute approximate surface area is 137 Å². The number of pyridine rings is 1. The summed E-state index contributed by atoms with van der Waals surface area (Å²) in [5.74, 6) is -0.162. The summed E-state index contributed by atoms with van der Waals surface area (Å²) in [5, 5.41) is 6.15. The maximum absolute atomic E-state index is 12.1. The van der Waals surface area contributed by atoms with Gasteiger partial charge in [0.1, 0.15) is 5.69 Å². The summed E-state index contributed by atoms with van der Waals surface area (Å²) >= 11 is 0. The van der Waals surface area contributed by atoms with E-state index in [9.17, 15) is 4.79 Å². The predicted molar refractivity (Wildman–Crippen MR) is 93.6 cm³/mol. The molecule has 1 aromatic carbocycles. The van der Waals surface area contributed by atoms with Crippen LogP contribution in [0.25, 0.3) is 0 Å². The van der Waals surface area contributed by atoms with Gasteiger partial charge in [-0.25, -0.2) is 4.98 Å². The van der Waals surface area contributed by atoms with Crippen molar-refractivity contribution in [1.82, 2.24) is 15.2 Å². The van der Waals surface area contributed by atoms with Crippen molar-refractivity contribution < 1.29 is 4.79 Å². The van der Waals surface area contributed by atoms with E-state index in [1.165, 1.54) is 5.56 Å². The topological polar surface area (TPSA) is 57.3 Å². The average Bonchev–Trinajstić information content (AvgIpc) is 2.54. The Bertz CT molecular complexity index is 620. The Kier molecular flexibility index (Phi) is 6.11. The monoisotopic (exact) mass is 312 g/mol. The Morgan fingerprint density at radius 3 is 2.48 bits per heavy atom. The molecule has 0 saturated heterocycles. The minimum absolute atomic E-state index is 0.162. The SMILES string of the molecule is Cc1ccc(CNC(=O)c2ccc(NCCN(C)C)cn2)cc1. The number of nitrogens with zero attached hydrogens (tertiary/aromatic N) is 2. The van der Waals surface area contributed by atoms with Crippen molar-refractivity contribution in [2.45, 2.75) is 13.5 Å². The van der Waals surface area contributed by atoms with Crippen LogP contribution in [0.5, 0.6) is 0 Å². The highest BCUT2D eigenvalue weighted by molar-refractivity contribution is 5.92. The number of aromatic nitrogens is 1. The van der Waals surface area contributed by atoms with Crippen LogP contribution in [0.15, 0.2) is 42.6 Å². The Balaban J connectivity index is 1.83. The number of nitrogens with one attached hydrogen (secondary N) is 2. The lowest BCUT2D eigenvalue weighted by molar-refractivity contribution is 0.0946. The van der Waals surface area contributed by atoms with Gasteiger partial charge in [0.05, 0.1) is 11.9 Å². The molecule has 5 nitrogen and oxygen atoms in total. The second-order valence-corrected chi connectivity index (χ2v) is 5.83. The molecule has 2 rings (SSSR count). The molecule has 0 aliphatic carbocycles. The van der Waals surface area contributed by atoms with Gasteiger partial charge >= 0.3 is 0 Å². The summed E-state index contributed by atoms with van der Waals surface area (Å²) in [4.78, 5) is 18.4. The third-order valence-electron chi connectivity index (χ3n) is 3.46. The minimum Gasteiger partial charge on any atom is -0.383 e. The molecule has 0 aliphatic heterocycles. The van der Waals surface area contributed by atoms with E-state index in [4.69, 9.17) is 0 Å². The number of aryl methyl sites for hydroxylation is 1. The van der Waals surface area contributed by atoms with Gasteiger partial charge in [0.15, 0.2) is 0 Å². The van der Waals surface area contributed by atoms with Crippen molar-refractivity contribution in [2.75, 3.05) is 32.5 Å². The molecular formula is C18H24N4O. The second-order valence-electron chi connectivity index (χ2n) is 5.83. The number of hydrogen-bond donors (Lipinski definition) is 2. The third-order valence-corrected chi connectivity index (χ3v) is 3.46. The van der Waals surface area contributed by atoms with Crippen LogP contribution in [0.1, 0.15) is 21.6 Å². The zero-order valence-corrected chi connectivity index (χ0v) is 14.0. The van der Waals surface area contributed by atoms with Crippen LogP contribution in [0, 0.1) is 6.92 Å². The van der Waals surface area contributed by atoms with E-state index in [1.807, 2.05) is 51.4 Å². The highest BCUT2D eigenvalue weighted by Gasteiger charge is 2.06. The summed E-state index contributed by atoms with van der Waals surface area (Å²) in [6.45, 7) is 4.33. The molecule has 2 aromatic rings. The van der Waals surface area contributed by atoms with Gasteiger partial charge in [0.2, 0.25) is 0 Å². The van der Waals surface area contributed by atoms with Crippen molar-refractivity contribution in [3.8, 4) is 0 Å². The maximum Gasteiger partial charge on any atom is 0.270 e. The van der Waals surface area contributed by atoms with Crippen molar-refractivity contribution in [3.63, 3.8) is 0 Å². The van der Waals surface area contributed by atoms with Gasteiger partial charge < -0.3 is 15.5 Å². The Morgan fingerprint density at radius 1 is 1.13 bits per heavy atom. The van der Waals surface area contributed by atoms with Crippen molar-refractivity contribution in [1.29, 1.82) is 0 Å². The highest BCUT2D eigenvalue weighted by Crippen LogP contribution is 2.07. The van der Waals surface area contributed by atoms with Gasteiger partial charge in [0.25, 0.3) is 5.91 Å². The smallest absolute Gasteiger partial charge is 0.270 e. The van der Waals surface area contributed by atoms with Crippen molar-refractivity contribution in [3.05, 3.63) is 59.4 Å². The lowest BCUT2D eigenvalue weighted by atomic mass is 10.1. The fraction of sp³-hybridized carbons (Fsp3) is 0.333. The van der Waals surface area contributed by atoms with Crippen LogP contribution in [0.2, 0.25) is 0 Å². The molecule has 0 aliphatic rings. The molecular weight excluding hydrogens is 288 g/mol. The number of rotatable bonds is 7.